The molecule has 5 rings (SSSR count). The van der Waals surface area contributed by atoms with Crippen LogP contribution < -0.4 is 14.9 Å². The van der Waals surface area contributed by atoms with Gasteiger partial charge in [0.2, 0.25) is 0 Å². The van der Waals surface area contributed by atoms with Gasteiger partial charge < -0.3 is 10.2 Å². The minimum absolute atomic E-state index is 0.122. The molecule has 0 radical (unpaired) electrons. The molecule has 8 nitrogen and oxygen atoms in total. The van der Waals surface area contributed by atoms with Gasteiger partial charge in [-0.3, -0.25) is 9.52 Å². The maximum Gasteiger partial charge on any atom is 0.255 e. The minimum Gasteiger partial charge on any atom is -0.353 e. The average molecular weight is 450 g/mol. The zero-order valence-electron chi connectivity index (χ0n) is 17.3. The number of carbonyl (C=O) groups excluding carboxylic acids is 1. The van der Waals surface area contributed by atoms with Crippen molar-refractivity contribution in [3.8, 4) is 23.0 Å². The molecule has 3 aromatic rings. The Kier molecular flexibility index (Phi) is 5.28. The molecule has 10 heteroatoms. The smallest absolute Gasteiger partial charge is 0.255 e. The number of nitriles is 1. The molecule has 2 aromatic heterocycles. The fraction of sp³-hybridized carbons (Fsp3) is 0.273. The molecule has 4 heterocycles. The van der Waals surface area contributed by atoms with Crippen molar-refractivity contribution in [2.75, 3.05) is 24.2 Å². The molecule has 0 aliphatic carbocycles. The van der Waals surface area contributed by atoms with Crippen LogP contribution in [0.1, 0.15) is 28.0 Å². The second-order valence-corrected chi connectivity index (χ2v) is 8.32. The van der Waals surface area contributed by atoms with E-state index in [9.17, 15) is 14.4 Å². The minimum atomic E-state index is -0.537. The van der Waals surface area contributed by atoms with E-state index in [0.717, 1.165) is 25.3 Å². The number of halogens is 1. The molecule has 1 unspecified atom stereocenters. The summed E-state index contributed by atoms with van der Waals surface area (Å²) in [5.41, 5.74) is 2.05. The SMILES string of the molecule is CSNC1CCN(c2ccn(-c3cc(-c4c(F)cccc4C#N)nc4c3C(=O)NC4)n2)C1. The van der Waals surface area contributed by atoms with Gasteiger partial charge in [-0.2, -0.15) is 10.4 Å². The number of pyridine rings is 1. The Hall–Kier alpha value is -3.42. The molecule has 0 saturated carbocycles. The summed E-state index contributed by atoms with van der Waals surface area (Å²) in [4.78, 5) is 19.2. The summed E-state index contributed by atoms with van der Waals surface area (Å²) in [5.74, 6) is 0.0281. The number of fused-ring (bicyclic) bond motifs is 1. The van der Waals surface area contributed by atoms with Gasteiger partial charge in [-0.1, -0.05) is 18.0 Å². The van der Waals surface area contributed by atoms with E-state index in [-0.39, 0.29) is 23.6 Å². The first-order valence-electron chi connectivity index (χ1n) is 10.2. The molecule has 0 bridgehead atoms. The fourth-order valence-corrected chi connectivity index (χ4v) is 4.77. The maximum atomic E-state index is 14.7. The van der Waals surface area contributed by atoms with Gasteiger partial charge in [0.1, 0.15) is 5.82 Å². The van der Waals surface area contributed by atoms with Crippen molar-refractivity contribution in [3.63, 3.8) is 0 Å². The van der Waals surface area contributed by atoms with E-state index in [1.807, 2.05) is 18.4 Å². The molecule has 1 amide bonds. The van der Waals surface area contributed by atoms with Crippen LogP contribution in [-0.2, 0) is 6.54 Å². The monoisotopic (exact) mass is 449 g/mol. The molecule has 1 saturated heterocycles. The van der Waals surface area contributed by atoms with E-state index in [1.165, 1.54) is 12.1 Å². The summed E-state index contributed by atoms with van der Waals surface area (Å²) in [5, 5.41) is 17.0. The van der Waals surface area contributed by atoms with E-state index in [0.29, 0.717) is 28.7 Å². The maximum absolute atomic E-state index is 14.7. The van der Waals surface area contributed by atoms with E-state index >= 15 is 0 Å². The topological polar surface area (TPSA) is 98.9 Å². The largest absolute Gasteiger partial charge is 0.353 e. The number of aromatic nitrogens is 3. The van der Waals surface area contributed by atoms with Gasteiger partial charge in [0.15, 0.2) is 5.82 Å². The lowest BCUT2D eigenvalue weighted by atomic mass is 10.0. The highest BCUT2D eigenvalue weighted by molar-refractivity contribution is 7.96. The third kappa shape index (κ3) is 3.49. The Balaban J connectivity index is 1.58. The number of hydrogen-bond acceptors (Lipinski definition) is 7. The normalized spacial score (nSPS) is 17.3. The second kappa shape index (κ2) is 8.26. The predicted molar refractivity (Wildman–Crippen MR) is 120 cm³/mol. The summed E-state index contributed by atoms with van der Waals surface area (Å²) in [6, 6.07) is 10.3. The third-order valence-electron chi connectivity index (χ3n) is 5.73. The number of carbonyl (C=O) groups is 1. The number of nitrogens with one attached hydrogen (secondary N) is 2. The Morgan fingerprint density at radius 2 is 2.22 bits per heavy atom. The van der Waals surface area contributed by atoms with Gasteiger partial charge in [-0.25, -0.2) is 14.1 Å². The van der Waals surface area contributed by atoms with Crippen molar-refractivity contribution in [2.24, 2.45) is 0 Å². The predicted octanol–water partition coefficient (Wildman–Crippen LogP) is 2.63. The molecule has 1 aromatic carbocycles. The molecule has 162 valence electrons. The number of rotatable bonds is 5. The lowest BCUT2D eigenvalue weighted by Gasteiger charge is -2.16. The van der Waals surface area contributed by atoms with Crippen molar-refractivity contribution < 1.29 is 9.18 Å². The zero-order chi connectivity index (χ0) is 22.2. The number of nitrogens with zero attached hydrogens (tertiary/aromatic N) is 5. The molecule has 32 heavy (non-hydrogen) atoms. The number of benzene rings is 1. The van der Waals surface area contributed by atoms with Gasteiger partial charge >= 0.3 is 0 Å². The lowest BCUT2D eigenvalue weighted by Crippen LogP contribution is -2.28. The van der Waals surface area contributed by atoms with Crippen molar-refractivity contribution in [3.05, 3.63) is 59.2 Å². The van der Waals surface area contributed by atoms with Gasteiger partial charge in [-0.15, -0.1) is 0 Å². The highest BCUT2D eigenvalue weighted by Crippen LogP contribution is 2.32. The van der Waals surface area contributed by atoms with Gasteiger partial charge in [0.25, 0.3) is 5.91 Å². The van der Waals surface area contributed by atoms with Gasteiger partial charge in [0.05, 0.1) is 46.4 Å². The number of hydrogen-bond donors (Lipinski definition) is 2. The van der Waals surface area contributed by atoms with E-state index < -0.39 is 5.82 Å². The standard InChI is InChI=1S/C22H20FN7OS/c1-32-28-14-5-7-29(12-14)19-6-8-30(27-19)18-9-16(26-17-11-25-22(31)21(17)18)20-13(10-24)3-2-4-15(20)23/h2-4,6,8-9,14,28H,5,7,11-12H2,1H3,(H,25,31). The first-order valence-corrected chi connectivity index (χ1v) is 11.4. The molecule has 2 aliphatic rings. The molecule has 2 aliphatic heterocycles. The highest BCUT2D eigenvalue weighted by Gasteiger charge is 2.29. The first kappa shape index (κ1) is 20.5. The lowest BCUT2D eigenvalue weighted by molar-refractivity contribution is 0.0965. The van der Waals surface area contributed by atoms with Crippen molar-refractivity contribution >= 4 is 23.7 Å². The first-order chi connectivity index (χ1) is 15.6. The summed E-state index contributed by atoms with van der Waals surface area (Å²) in [6.45, 7) is 1.97. The summed E-state index contributed by atoms with van der Waals surface area (Å²) < 4.78 is 19.7. The van der Waals surface area contributed by atoms with Gasteiger partial charge in [-0.05, 0) is 30.9 Å². The quantitative estimate of drug-likeness (QED) is 0.578. The Morgan fingerprint density at radius 3 is 3.03 bits per heavy atom. The van der Waals surface area contributed by atoms with Crippen molar-refractivity contribution in [1.82, 2.24) is 24.8 Å². The van der Waals surface area contributed by atoms with Crippen LogP contribution in [0.3, 0.4) is 0 Å². The van der Waals surface area contributed by atoms with Crippen LogP contribution in [0.2, 0.25) is 0 Å². The summed E-state index contributed by atoms with van der Waals surface area (Å²) in [6.07, 6.45) is 4.83. The number of anilines is 1. The molecular weight excluding hydrogens is 429 g/mol. The second-order valence-electron chi connectivity index (χ2n) is 7.68. The number of amides is 1. The Morgan fingerprint density at radius 1 is 1.34 bits per heavy atom. The average Bonchev–Trinajstić information content (AvgIpc) is 3.53. The van der Waals surface area contributed by atoms with E-state index in [1.54, 1.807) is 35.0 Å². The van der Waals surface area contributed by atoms with Crippen LogP contribution in [0.4, 0.5) is 10.2 Å². The Bertz CT molecular complexity index is 1250. The van der Waals surface area contributed by atoms with Crippen molar-refractivity contribution in [1.29, 1.82) is 5.26 Å². The highest BCUT2D eigenvalue weighted by atomic mass is 32.2. The molecular formula is C22H20FN7OS. The molecule has 1 fully saturated rings. The summed E-state index contributed by atoms with van der Waals surface area (Å²) >= 11 is 1.61. The fourth-order valence-electron chi connectivity index (χ4n) is 4.25. The van der Waals surface area contributed by atoms with Crippen molar-refractivity contribution in [2.45, 2.75) is 19.0 Å². The van der Waals surface area contributed by atoms with Crippen LogP contribution in [0, 0.1) is 17.1 Å². The van der Waals surface area contributed by atoms with Crippen LogP contribution >= 0.6 is 11.9 Å². The van der Waals surface area contributed by atoms with Crippen LogP contribution in [-0.4, -0.2) is 46.1 Å². The molecule has 2 N–H and O–H groups in total. The third-order valence-corrected chi connectivity index (χ3v) is 6.29. The zero-order valence-corrected chi connectivity index (χ0v) is 18.1. The molecule has 0 spiro atoms. The van der Waals surface area contributed by atoms with Crippen LogP contribution in [0.25, 0.3) is 16.9 Å². The Labute approximate surface area is 188 Å². The van der Waals surface area contributed by atoms with Gasteiger partial charge in [0, 0.05) is 31.4 Å². The molecule has 1 atom stereocenters. The van der Waals surface area contributed by atoms with E-state index in [2.05, 4.69) is 19.9 Å². The summed E-state index contributed by atoms with van der Waals surface area (Å²) in [7, 11) is 0. The van der Waals surface area contributed by atoms with Crippen LogP contribution in [0.15, 0.2) is 36.5 Å². The van der Waals surface area contributed by atoms with Crippen LogP contribution in [0.5, 0.6) is 0 Å². The van der Waals surface area contributed by atoms with E-state index in [4.69, 9.17) is 5.10 Å².